The van der Waals surface area contributed by atoms with E-state index in [1.807, 2.05) is 4.57 Å². The SMILES string of the molecule is O=C(O)C1CCCN(C(=O)CSc2nncn2C2CC2)C1. The van der Waals surface area contributed by atoms with Crippen molar-refractivity contribution < 1.29 is 14.7 Å². The second-order valence-electron chi connectivity index (χ2n) is 5.56. The number of nitrogens with zero attached hydrogens (tertiary/aromatic N) is 4. The molecule has 2 fully saturated rings. The van der Waals surface area contributed by atoms with Gasteiger partial charge in [-0.25, -0.2) is 0 Å². The lowest BCUT2D eigenvalue weighted by molar-refractivity contribution is -0.145. The van der Waals surface area contributed by atoms with Crippen molar-refractivity contribution in [3.63, 3.8) is 0 Å². The normalized spacial score (nSPS) is 22.3. The first-order valence-electron chi connectivity index (χ1n) is 7.18. The average Bonchev–Trinajstić information content (AvgIpc) is 3.23. The van der Waals surface area contributed by atoms with Gasteiger partial charge in [0, 0.05) is 19.1 Å². The molecular formula is C13H18N4O3S. The summed E-state index contributed by atoms with van der Waals surface area (Å²) in [4.78, 5) is 24.9. The molecule has 1 atom stereocenters. The van der Waals surface area contributed by atoms with Crippen molar-refractivity contribution in [3.8, 4) is 0 Å². The number of rotatable bonds is 5. The second-order valence-corrected chi connectivity index (χ2v) is 6.50. The number of aromatic nitrogens is 3. The van der Waals surface area contributed by atoms with E-state index in [-0.39, 0.29) is 11.7 Å². The Bertz CT molecular complexity index is 543. The van der Waals surface area contributed by atoms with Crippen LogP contribution in [0.15, 0.2) is 11.5 Å². The zero-order chi connectivity index (χ0) is 14.8. The zero-order valence-electron chi connectivity index (χ0n) is 11.6. The minimum Gasteiger partial charge on any atom is -0.481 e. The molecule has 114 valence electrons. The minimum absolute atomic E-state index is 0.0173. The Morgan fingerprint density at radius 3 is 2.90 bits per heavy atom. The lowest BCUT2D eigenvalue weighted by Gasteiger charge is -2.30. The summed E-state index contributed by atoms with van der Waals surface area (Å²) in [5.74, 6) is -0.967. The highest BCUT2D eigenvalue weighted by molar-refractivity contribution is 7.99. The van der Waals surface area contributed by atoms with Crippen LogP contribution in [0.1, 0.15) is 31.7 Å². The van der Waals surface area contributed by atoms with Gasteiger partial charge in [-0.05, 0) is 25.7 Å². The van der Waals surface area contributed by atoms with Crippen LogP contribution in [0.3, 0.4) is 0 Å². The number of hydrogen-bond acceptors (Lipinski definition) is 5. The van der Waals surface area contributed by atoms with Crippen LogP contribution in [0.25, 0.3) is 0 Å². The summed E-state index contributed by atoms with van der Waals surface area (Å²) in [6.07, 6.45) is 5.41. The third-order valence-corrected chi connectivity index (χ3v) is 4.87. The maximum Gasteiger partial charge on any atom is 0.308 e. The fraction of sp³-hybridized carbons (Fsp3) is 0.692. The summed E-state index contributed by atoms with van der Waals surface area (Å²) >= 11 is 1.38. The van der Waals surface area contributed by atoms with Gasteiger partial charge in [-0.15, -0.1) is 10.2 Å². The molecule has 8 heteroatoms. The first-order valence-corrected chi connectivity index (χ1v) is 8.16. The molecule has 1 amide bonds. The van der Waals surface area contributed by atoms with Gasteiger partial charge in [0.15, 0.2) is 5.16 Å². The van der Waals surface area contributed by atoms with Gasteiger partial charge in [-0.3, -0.25) is 9.59 Å². The molecule has 21 heavy (non-hydrogen) atoms. The van der Waals surface area contributed by atoms with Crippen molar-refractivity contribution in [2.24, 2.45) is 5.92 Å². The van der Waals surface area contributed by atoms with Crippen LogP contribution < -0.4 is 0 Å². The third kappa shape index (κ3) is 3.37. The van der Waals surface area contributed by atoms with Crippen molar-refractivity contribution in [1.82, 2.24) is 19.7 Å². The van der Waals surface area contributed by atoms with Crippen LogP contribution in [-0.4, -0.2) is 55.5 Å². The molecule has 3 rings (SSSR count). The molecule has 2 heterocycles. The van der Waals surface area contributed by atoms with Gasteiger partial charge in [0.25, 0.3) is 0 Å². The van der Waals surface area contributed by atoms with Gasteiger partial charge >= 0.3 is 5.97 Å². The number of carbonyl (C=O) groups excluding carboxylic acids is 1. The lowest BCUT2D eigenvalue weighted by Crippen LogP contribution is -2.43. The first kappa shape index (κ1) is 14.4. The van der Waals surface area contributed by atoms with E-state index in [1.54, 1.807) is 11.2 Å². The van der Waals surface area contributed by atoms with Crippen molar-refractivity contribution >= 4 is 23.6 Å². The summed E-state index contributed by atoms with van der Waals surface area (Å²) in [5.41, 5.74) is 0. The van der Waals surface area contributed by atoms with Crippen molar-refractivity contribution in [2.45, 2.75) is 36.9 Å². The predicted octanol–water partition coefficient (Wildman–Crippen LogP) is 1.03. The van der Waals surface area contributed by atoms with Gasteiger partial charge in [0.1, 0.15) is 6.33 Å². The van der Waals surface area contributed by atoms with Crippen LogP contribution in [0, 0.1) is 5.92 Å². The number of carboxylic acid groups (broad SMARTS) is 1. The van der Waals surface area contributed by atoms with Crippen LogP contribution >= 0.6 is 11.8 Å². The molecule has 0 aromatic carbocycles. The van der Waals surface area contributed by atoms with E-state index in [0.717, 1.165) is 24.4 Å². The Balaban J connectivity index is 1.53. The Morgan fingerprint density at radius 1 is 1.38 bits per heavy atom. The van der Waals surface area contributed by atoms with E-state index in [9.17, 15) is 9.59 Å². The Hall–Kier alpha value is -1.57. The Kier molecular flexibility index (Phi) is 4.14. The van der Waals surface area contributed by atoms with E-state index in [2.05, 4.69) is 10.2 Å². The van der Waals surface area contributed by atoms with Crippen LogP contribution in [0.4, 0.5) is 0 Å². The Morgan fingerprint density at radius 2 is 2.19 bits per heavy atom. The fourth-order valence-electron chi connectivity index (χ4n) is 2.56. The highest BCUT2D eigenvalue weighted by Crippen LogP contribution is 2.37. The number of likely N-dealkylation sites (tertiary alicyclic amines) is 1. The molecule has 1 saturated carbocycles. The minimum atomic E-state index is -0.811. The molecule has 1 saturated heterocycles. The highest BCUT2D eigenvalue weighted by atomic mass is 32.2. The molecule has 1 unspecified atom stereocenters. The van der Waals surface area contributed by atoms with E-state index < -0.39 is 11.9 Å². The maximum absolute atomic E-state index is 12.2. The Labute approximate surface area is 126 Å². The summed E-state index contributed by atoms with van der Waals surface area (Å²) in [7, 11) is 0. The molecule has 0 spiro atoms. The number of carboxylic acids is 1. The standard InChI is InChI=1S/C13H18N4O3S/c18-11(16-5-1-2-9(6-16)12(19)20)7-21-13-15-14-8-17(13)10-3-4-10/h8-10H,1-7H2,(H,19,20). The molecule has 1 aromatic rings. The second kappa shape index (κ2) is 6.05. The summed E-state index contributed by atoms with van der Waals surface area (Å²) in [6.45, 7) is 0.975. The molecule has 0 bridgehead atoms. The zero-order valence-corrected chi connectivity index (χ0v) is 12.5. The third-order valence-electron chi connectivity index (χ3n) is 3.93. The highest BCUT2D eigenvalue weighted by Gasteiger charge is 2.29. The van der Waals surface area contributed by atoms with Gasteiger partial charge in [-0.1, -0.05) is 11.8 Å². The maximum atomic E-state index is 12.2. The van der Waals surface area contributed by atoms with Crippen molar-refractivity contribution in [3.05, 3.63) is 6.33 Å². The largest absolute Gasteiger partial charge is 0.481 e. The van der Waals surface area contributed by atoms with Gasteiger partial charge in [0.2, 0.25) is 5.91 Å². The number of thioether (sulfide) groups is 1. The van der Waals surface area contributed by atoms with Crippen LogP contribution in [-0.2, 0) is 9.59 Å². The van der Waals surface area contributed by atoms with Gasteiger partial charge in [0.05, 0.1) is 11.7 Å². The van der Waals surface area contributed by atoms with E-state index in [1.165, 1.54) is 11.8 Å². The average molecular weight is 310 g/mol. The van der Waals surface area contributed by atoms with E-state index in [4.69, 9.17) is 5.11 Å². The molecule has 0 radical (unpaired) electrons. The summed E-state index contributed by atoms with van der Waals surface area (Å²) < 4.78 is 2.02. The number of carbonyl (C=O) groups is 2. The fourth-order valence-corrected chi connectivity index (χ4v) is 3.45. The summed E-state index contributed by atoms with van der Waals surface area (Å²) in [6, 6.07) is 0.490. The molecular weight excluding hydrogens is 292 g/mol. The van der Waals surface area contributed by atoms with Crippen LogP contribution in [0.5, 0.6) is 0 Å². The lowest BCUT2D eigenvalue weighted by atomic mass is 9.98. The smallest absolute Gasteiger partial charge is 0.308 e. The van der Waals surface area contributed by atoms with E-state index >= 15 is 0 Å². The predicted molar refractivity (Wildman–Crippen MR) is 76.0 cm³/mol. The number of hydrogen-bond donors (Lipinski definition) is 1. The topological polar surface area (TPSA) is 88.3 Å². The van der Waals surface area contributed by atoms with Crippen molar-refractivity contribution in [2.75, 3.05) is 18.8 Å². The van der Waals surface area contributed by atoms with E-state index in [0.29, 0.717) is 25.6 Å². The van der Waals surface area contributed by atoms with Gasteiger partial charge < -0.3 is 14.6 Å². The monoisotopic (exact) mass is 310 g/mol. The summed E-state index contributed by atoms with van der Waals surface area (Å²) in [5, 5.41) is 17.8. The number of aliphatic carboxylic acids is 1. The number of amides is 1. The van der Waals surface area contributed by atoms with Gasteiger partial charge in [-0.2, -0.15) is 0 Å². The molecule has 1 aromatic heterocycles. The number of piperidine rings is 1. The molecule has 1 aliphatic carbocycles. The molecule has 1 aliphatic heterocycles. The molecule has 2 aliphatic rings. The molecule has 1 N–H and O–H groups in total. The quantitative estimate of drug-likeness (QED) is 0.817. The van der Waals surface area contributed by atoms with Crippen LogP contribution in [0.2, 0.25) is 0 Å². The first-order chi connectivity index (χ1) is 10.1. The molecule has 7 nitrogen and oxygen atoms in total. The van der Waals surface area contributed by atoms with Crippen molar-refractivity contribution in [1.29, 1.82) is 0 Å².